The molecule has 0 unspecified atom stereocenters. The fourth-order valence-electron chi connectivity index (χ4n) is 28.7. The average Bonchev–Trinajstić information content (AvgIpc) is 1.48. The van der Waals surface area contributed by atoms with E-state index in [0.717, 1.165) is 122 Å². The van der Waals surface area contributed by atoms with Crippen molar-refractivity contribution < 1.29 is 27.4 Å². The number of aromatic nitrogens is 4. The van der Waals surface area contributed by atoms with Crippen molar-refractivity contribution in [2.45, 2.75) is 60.8 Å². The Kier molecular flexibility index (Phi) is 17.8. The van der Waals surface area contributed by atoms with E-state index in [1.54, 1.807) is 12.1 Å². The van der Waals surface area contributed by atoms with Crippen molar-refractivity contribution in [1.29, 1.82) is 0 Å². The molecule has 4 aromatic heterocycles. The molecule has 706 valence electrons. The van der Waals surface area contributed by atoms with Crippen LogP contribution in [0.1, 0.15) is 89.0 Å². The molecule has 10 nitrogen and oxygen atoms in total. The number of nitrogens with zero attached hydrogens (tertiary/aromatic N) is 4. The fourth-order valence-corrected chi connectivity index (χ4v) is 35.4. The molecule has 0 amide bonds. The Morgan fingerprint density at radius 3 is 0.647 bits per heavy atom. The van der Waals surface area contributed by atoms with Crippen LogP contribution in [0.4, 0.5) is 0 Å². The van der Waals surface area contributed by atoms with Crippen molar-refractivity contribution in [3.8, 4) is 67.3 Å². The van der Waals surface area contributed by atoms with Gasteiger partial charge in [0.2, 0.25) is 19.7 Å². The Hall–Kier alpha value is -17.4. The van der Waals surface area contributed by atoms with Gasteiger partial charge < -0.3 is 18.3 Å². The number of rotatable bonds is 4. The third kappa shape index (κ3) is 10.6. The maximum atomic E-state index is 15.6. The van der Waals surface area contributed by atoms with Crippen molar-refractivity contribution in [2.24, 2.45) is 0 Å². The maximum absolute atomic E-state index is 15.6. The normalized spacial score (nSPS) is 15.2. The Morgan fingerprint density at radius 1 is 0.173 bits per heavy atom. The van der Waals surface area contributed by atoms with E-state index in [1.807, 2.05) is 96.3 Å². The molecule has 2 N–H and O–H groups in total. The summed E-state index contributed by atoms with van der Waals surface area (Å²) >= 11 is 3.87. The van der Waals surface area contributed by atoms with Gasteiger partial charge in [0.25, 0.3) is 0 Å². The molecule has 34 rings (SSSR count). The van der Waals surface area contributed by atoms with Gasteiger partial charge in [-0.25, -0.2) is 16.8 Å². The molecule has 0 saturated carbocycles. The molecule has 8 aliphatic rings. The van der Waals surface area contributed by atoms with Crippen LogP contribution in [0, 0.1) is 0 Å². The van der Waals surface area contributed by atoms with E-state index in [-0.39, 0.29) is 0 Å². The second-order valence-corrected chi connectivity index (χ2v) is 46.2. The number of para-hydroxylation sites is 4. The molecule has 0 atom stereocenters. The molecule has 4 aliphatic heterocycles. The largest absolute Gasteiger partial charge is 0.309 e. The zero-order chi connectivity index (χ0) is 99.3. The first kappa shape index (κ1) is 85.8. The van der Waals surface area contributed by atoms with Crippen LogP contribution in [0.25, 0.3) is 154 Å². The molecule has 4 aliphatic carbocycles. The van der Waals surface area contributed by atoms with Crippen molar-refractivity contribution in [1.82, 2.24) is 18.3 Å². The highest BCUT2D eigenvalue weighted by atomic mass is 32.2. The Morgan fingerprint density at radius 2 is 0.373 bits per heavy atom. The highest BCUT2D eigenvalue weighted by Crippen LogP contribution is 2.70. The highest BCUT2D eigenvalue weighted by molar-refractivity contribution is 8.00. The summed E-state index contributed by atoms with van der Waals surface area (Å²) in [6.07, 6.45) is 0. The number of sulfone groups is 2. The lowest BCUT2D eigenvalue weighted by Gasteiger charge is -2.40. The van der Waals surface area contributed by atoms with E-state index in [0.29, 0.717) is 30.4 Å². The summed E-state index contributed by atoms with van der Waals surface area (Å²) in [5, 5.41) is 20.2. The SMILES string of the molecule is O=S1(=O)c2ccccc2C2(c3ccccc3-c3ccccc32)c2ccc3c(c21)c1ccccc1n3-c1ccc(-n2c3ccccc3c3c4c(ccc32)C2(c3ccccc3-c3ccccc32)c2ccccc2S4(=O)=O)cc1.OO.c1ccc2c(c1)Sc1c(ccc3c1c1ccccc1n3-c1ccc(-n3c4ccccc4c4c5c(ccc43)C3(c4ccccc4S5)c4ccccc4-c4ccccc43)cc1)C21c2ccccc2-c2ccccc21. The molecule has 0 fully saturated rings. The first-order chi connectivity index (χ1) is 74.0. The van der Waals surface area contributed by atoms with Crippen LogP contribution >= 0.6 is 23.5 Å². The van der Waals surface area contributed by atoms with Crippen LogP contribution in [0.2, 0.25) is 0 Å². The van der Waals surface area contributed by atoms with Crippen molar-refractivity contribution in [2.75, 3.05) is 0 Å². The smallest absolute Gasteiger partial charge is 0.207 e. The highest BCUT2D eigenvalue weighted by Gasteiger charge is 2.59. The van der Waals surface area contributed by atoms with Crippen LogP contribution in [0.15, 0.2) is 524 Å². The van der Waals surface area contributed by atoms with E-state index in [9.17, 15) is 0 Å². The van der Waals surface area contributed by atoms with Gasteiger partial charge in [0.05, 0.1) is 85.4 Å². The van der Waals surface area contributed by atoms with Gasteiger partial charge in [-0.2, -0.15) is 0 Å². The zero-order valence-corrected chi connectivity index (χ0v) is 83.4. The van der Waals surface area contributed by atoms with Crippen LogP contribution in [-0.2, 0) is 41.3 Å². The fraction of sp³-hybridized carbons (Fsp3) is 0.0294. The summed E-state index contributed by atoms with van der Waals surface area (Å²) in [6.45, 7) is 0. The lowest BCUT2D eigenvalue weighted by Crippen LogP contribution is -2.36. The first-order valence-corrected chi connectivity index (χ1v) is 55.3. The second kappa shape index (κ2) is 31.1. The van der Waals surface area contributed by atoms with Crippen LogP contribution in [0.3, 0.4) is 0 Å². The molecule has 0 radical (unpaired) electrons. The third-order valence-corrected chi connectivity index (χ3v) is 40.2. The monoisotopic (exact) mass is 1990 g/mol. The Balaban J connectivity index is 0.000000130. The molecule has 8 heterocycles. The lowest BCUT2D eigenvalue weighted by atomic mass is 9.67. The first-order valence-electron chi connectivity index (χ1n) is 50.7. The molecule has 150 heavy (non-hydrogen) atoms. The quantitative estimate of drug-likeness (QED) is 0.132. The summed E-state index contributed by atoms with van der Waals surface area (Å²) in [5.74, 6) is 0. The van der Waals surface area contributed by atoms with Gasteiger partial charge in [-0.3, -0.25) is 10.5 Å². The third-order valence-electron chi connectivity index (χ3n) is 34.0. The minimum Gasteiger partial charge on any atom is -0.309 e. The summed E-state index contributed by atoms with van der Waals surface area (Å²) in [5.41, 5.74) is 37.5. The van der Waals surface area contributed by atoms with Crippen LogP contribution in [-0.4, -0.2) is 45.6 Å². The van der Waals surface area contributed by atoms with Gasteiger partial charge in [0, 0.05) is 85.4 Å². The van der Waals surface area contributed by atoms with Crippen LogP contribution < -0.4 is 0 Å². The predicted octanol–water partition coefficient (Wildman–Crippen LogP) is 32.5. The van der Waals surface area contributed by atoms with E-state index in [1.165, 1.54) is 130 Å². The molecule has 14 heteroatoms. The molecule has 4 spiro atoms. The summed E-state index contributed by atoms with van der Waals surface area (Å²) in [6, 6.07) is 173. The summed E-state index contributed by atoms with van der Waals surface area (Å²) < 4.78 is 71.6. The maximum Gasteiger partial charge on any atom is 0.207 e. The average molecular weight is 2000 g/mol. The van der Waals surface area contributed by atoms with Crippen molar-refractivity contribution in [3.63, 3.8) is 0 Å². The molecule has 26 aromatic rings. The Bertz CT molecular complexity index is 10000. The molecular weight excluding hydrogens is 1910 g/mol. The molecule has 0 bridgehead atoms. The molecule has 22 aromatic carbocycles. The van der Waals surface area contributed by atoms with Crippen molar-refractivity contribution >= 4 is 130 Å². The topological polar surface area (TPSA) is 128 Å². The summed E-state index contributed by atoms with van der Waals surface area (Å²) in [7, 11) is -8.13. The van der Waals surface area contributed by atoms with E-state index in [2.05, 4.69) is 419 Å². The number of benzene rings is 22. The lowest BCUT2D eigenvalue weighted by molar-refractivity contribution is -0.176. The van der Waals surface area contributed by atoms with Crippen molar-refractivity contribution in [3.05, 3.63) is 574 Å². The van der Waals surface area contributed by atoms with E-state index < -0.39 is 41.3 Å². The Labute approximate surface area is 871 Å². The van der Waals surface area contributed by atoms with Gasteiger partial charge in [-0.05, 0) is 255 Å². The minimum absolute atomic E-state index is 0.320. The van der Waals surface area contributed by atoms with Gasteiger partial charge >= 0.3 is 0 Å². The number of hydrogen-bond acceptors (Lipinski definition) is 8. The predicted molar refractivity (Wildman–Crippen MR) is 604 cm³/mol. The van der Waals surface area contributed by atoms with E-state index in [4.69, 9.17) is 10.5 Å². The van der Waals surface area contributed by atoms with Gasteiger partial charge in [0.15, 0.2) is 0 Å². The summed E-state index contributed by atoms with van der Waals surface area (Å²) in [4.78, 5) is 6.61. The minimum atomic E-state index is -4.06. The number of fused-ring (bicyclic) bond motifs is 52. The van der Waals surface area contributed by atoms with Gasteiger partial charge in [0.1, 0.15) is 0 Å². The van der Waals surface area contributed by atoms with Gasteiger partial charge in [-0.1, -0.05) is 388 Å². The zero-order valence-electron chi connectivity index (χ0n) is 80.1. The van der Waals surface area contributed by atoms with Crippen LogP contribution in [0.5, 0.6) is 0 Å². The molecular formula is C136H82N4O6S4. The van der Waals surface area contributed by atoms with E-state index >= 15 is 16.8 Å². The van der Waals surface area contributed by atoms with Gasteiger partial charge in [-0.15, -0.1) is 0 Å². The number of hydrogen-bond donors (Lipinski definition) is 2. The molecule has 0 saturated heterocycles. The second-order valence-electron chi connectivity index (χ2n) is 40.3. The standard InChI is InChI=1S/C68H40N2O4S2.C68H40N2S2.H2O2/c71-75(72)61-31-15-11-27-53(61)67(49-23-7-1-17-43(49)44-18-2-8-24-50(44)67)55-37-39-59-63(65(55)75)47-21-5-13-29-57(47)69(59)41-33-35-42(36-34-41)70-58-30-14-6-22-48(58)64-60(70)40-38-56-66(64)76(73,74)62-32-16-12-28-54(62)68(56)51-25-9-3-19-45(51)46-20-4-10-26-52(46)68;1-7-23-49-43(17-1)44-18-2-8-24-50(44)67(49)53-27-11-15-31-61(53)71-65-55(67)37-39-59-63(65)47-21-5-13-29-57(47)69(59)41-33-35-42(36-34-41)70-58-30-14-6-22-48(58)64-60(70)40-38-56-66(64)72-62-32-16-12-28-54(62)68(56)51-25-9-3-19-45(51)46-20-4-10-26-52(46)68;1-2/h1-40H;1-40H;1-2H.